The van der Waals surface area contributed by atoms with Gasteiger partial charge in [-0.25, -0.2) is 4.79 Å². The standard InChI is InChI=1S/C12H22N4O3/c1-2-3-4-14-11(17)9-10(15-12(13)18)16-5-7-19-8-6-16/h2-9H2,1H3,(H2,13,18)(H,14,17). The van der Waals surface area contributed by atoms with Crippen molar-refractivity contribution in [1.29, 1.82) is 0 Å². The number of carbonyl (C=O) groups excluding carboxylic acids is 2. The van der Waals surface area contributed by atoms with Crippen molar-refractivity contribution >= 4 is 17.8 Å². The van der Waals surface area contributed by atoms with Crippen LogP contribution in [0.4, 0.5) is 4.79 Å². The maximum atomic E-state index is 11.8. The maximum Gasteiger partial charge on any atom is 0.340 e. The molecule has 0 radical (unpaired) electrons. The number of nitrogens with one attached hydrogen (secondary N) is 1. The zero-order valence-electron chi connectivity index (χ0n) is 11.4. The number of rotatable bonds is 5. The molecule has 0 atom stereocenters. The minimum Gasteiger partial charge on any atom is -0.378 e. The fourth-order valence-corrected chi connectivity index (χ4v) is 1.78. The summed E-state index contributed by atoms with van der Waals surface area (Å²) in [5.74, 6) is 0.282. The van der Waals surface area contributed by atoms with Gasteiger partial charge in [0.25, 0.3) is 0 Å². The van der Waals surface area contributed by atoms with Gasteiger partial charge in [-0.05, 0) is 6.42 Å². The molecule has 3 amide bonds. The average molecular weight is 270 g/mol. The molecule has 0 bridgehead atoms. The van der Waals surface area contributed by atoms with E-state index in [0.717, 1.165) is 12.8 Å². The summed E-state index contributed by atoms with van der Waals surface area (Å²) in [5, 5.41) is 2.80. The number of unbranched alkanes of at least 4 members (excludes halogenated alkanes) is 1. The highest BCUT2D eigenvalue weighted by molar-refractivity contribution is 6.03. The predicted octanol–water partition coefficient (Wildman–Crippen LogP) is 0.102. The number of aliphatic imine (C=N–C) groups is 1. The summed E-state index contributed by atoms with van der Waals surface area (Å²) < 4.78 is 5.23. The van der Waals surface area contributed by atoms with Crippen molar-refractivity contribution in [3.05, 3.63) is 0 Å². The van der Waals surface area contributed by atoms with Crippen molar-refractivity contribution < 1.29 is 14.3 Å². The van der Waals surface area contributed by atoms with E-state index in [2.05, 4.69) is 17.2 Å². The summed E-state index contributed by atoms with van der Waals surface area (Å²) >= 11 is 0. The predicted molar refractivity (Wildman–Crippen MR) is 71.9 cm³/mol. The molecule has 0 aromatic heterocycles. The molecule has 1 aliphatic rings. The van der Waals surface area contributed by atoms with Gasteiger partial charge in [0, 0.05) is 19.6 Å². The molecule has 19 heavy (non-hydrogen) atoms. The molecule has 1 saturated heterocycles. The summed E-state index contributed by atoms with van der Waals surface area (Å²) in [4.78, 5) is 28.3. The molecular formula is C12H22N4O3. The van der Waals surface area contributed by atoms with E-state index in [1.807, 2.05) is 4.90 Å². The molecule has 0 spiro atoms. The van der Waals surface area contributed by atoms with Crippen LogP contribution < -0.4 is 11.1 Å². The molecule has 1 aliphatic heterocycles. The maximum absolute atomic E-state index is 11.8. The Morgan fingerprint density at radius 3 is 2.63 bits per heavy atom. The third kappa shape index (κ3) is 6.19. The SMILES string of the molecule is CCCCNC(=O)CC(=NC(N)=O)N1CCOCC1. The highest BCUT2D eigenvalue weighted by Gasteiger charge is 2.18. The molecule has 0 saturated carbocycles. The van der Waals surface area contributed by atoms with E-state index in [4.69, 9.17) is 10.5 Å². The van der Waals surface area contributed by atoms with Crippen LogP contribution in [0.25, 0.3) is 0 Å². The molecule has 0 aliphatic carbocycles. The second-order valence-electron chi connectivity index (χ2n) is 4.35. The van der Waals surface area contributed by atoms with E-state index >= 15 is 0 Å². The third-order valence-corrected chi connectivity index (χ3v) is 2.79. The molecule has 0 unspecified atom stereocenters. The van der Waals surface area contributed by atoms with E-state index in [9.17, 15) is 9.59 Å². The van der Waals surface area contributed by atoms with E-state index in [1.54, 1.807) is 0 Å². The zero-order valence-corrected chi connectivity index (χ0v) is 11.4. The first kappa shape index (κ1) is 15.4. The second-order valence-corrected chi connectivity index (χ2v) is 4.35. The molecule has 0 aromatic rings. The van der Waals surface area contributed by atoms with Crippen LogP contribution in [0.1, 0.15) is 26.2 Å². The summed E-state index contributed by atoms with van der Waals surface area (Å²) in [7, 11) is 0. The van der Waals surface area contributed by atoms with E-state index in [0.29, 0.717) is 38.7 Å². The van der Waals surface area contributed by atoms with E-state index < -0.39 is 6.03 Å². The molecule has 108 valence electrons. The van der Waals surface area contributed by atoms with Crippen LogP contribution in [0.2, 0.25) is 0 Å². The third-order valence-electron chi connectivity index (χ3n) is 2.79. The normalized spacial score (nSPS) is 16.3. The van der Waals surface area contributed by atoms with Gasteiger partial charge < -0.3 is 20.7 Å². The summed E-state index contributed by atoms with van der Waals surface area (Å²) in [5.41, 5.74) is 5.08. The van der Waals surface area contributed by atoms with Crippen molar-refractivity contribution in [3.63, 3.8) is 0 Å². The first-order chi connectivity index (χ1) is 9.13. The van der Waals surface area contributed by atoms with E-state index in [-0.39, 0.29) is 12.3 Å². The molecule has 1 fully saturated rings. The second kappa shape index (κ2) is 8.47. The quantitative estimate of drug-likeness (QED) is 0.420. The minimum atomic E-state index is -0.775. The first-order valence-corrected chi connectivity index (χ1v) is 6.60. The zero-order chi connectivity index (χ0) is 14.1. The lowest BCUT2D eigenvalue weighted by molar-refractivity contribution is -0.120. The largest absolute Gasteiger partial charge is 0.378 e. The Balaban J connectivity index is 2.54. The van der Waals surface area contributed by atoms with Crippen LogP contribution in [0.5, 0.6) is 0 Å². The van der Waals surface area contributed by atoms with Gasteiger partial charge in [-0.3, -0.25) is 4.79 Å². The van der Waals surface area contributed by atoms with Gasteiger partial charge in [0.1, 0.15) is 5.84 Å². The minimum absolute atomic E-state index is 0.0760. The van der Waals surface area contributed by atoms with Crippen LogP contribution in [0.15, 0.2) is 4.99 Å². The molecule has 7 heteroatoms. The van der Waals surface area contributed by atoms with Crippen molar-refractivity contribution in [3.8, 4) is 0 Å². The monoisotopic (exact) mass is 270 g/mol. The van der Waals surface area contributed by atoms with E-state index in [1.165, 1.54) is 0 Å². The summed E-state index contributed by atoms with van der Waals surface area (Å²) in [6.45, 7) is 5.06. The number of urea groups is 1. The molecular weight excluding hydrogens is 248 g/mol. The Labute approximate surface area is 113 Å². The first-order valence-electron chi connectivity index (χ1n) is 6.60. The van der Waals surface area contributed by atoms with Gasteiger partial charge in [0.2, 0.25) is 5.91 Å². The van der Waals surface area contributed by atoms with Gasteiger partial charge in [0.15, 0.2) is 0 Å². The number of hydrogen-bond donors (Lipinski definition) is 2. The van der Waals surface area contributed by atoms with Crippen LogP contribution in [0.3, 0.4) is 0 Å². The van der Waals surface area contributed by atoms with Crippen LogP contribution in [-0.4, -0.2) is 55.5 Å². The lowest BCUT2D eigenvalue weighted by atomic mass is 10.3. The fraction of sp³-hybridized carbons (Fsp3) is 0.750. The average Bonchev–Trinajstić information content (AvgIpc) is 2.39. The van der Waals surface area contributed by atoms with Crippen molar-refractivity contribution in [2.45, 2.75) is 26.2 Å². The van der Waals surface area contributed by atoms with Gasteiger partial charge in [-0.1, -0.05) is 13.3 Å². The number of ether oxygens (including phenoxy) is 1. The molecule has 0 aromatic carbocycles. The van der Waals surface area contributed by atoms with Crippen molar-refractivity contribution in [1.82, 2.24) is 10.2 Å². The molecule has 3 N–H and O–H groups in total. The van der Waals surface area contributed by atoms with Crippen molar-refractivity contribution in [2.75, 3.05) is 32.8 Å². The van der Waals surface area contributed by atoms with Crippen molar-refractivity contribution in [2.24, 2.45) is 10.7 Å². The molecule has 1 rings (SSSR count). The van der Waals surface area contributed by atoms with Gasteiger partial charge in [0.05, 0.1) is 19.6 Å². The number of morpholine rings is 1. The Bertz CT molecular complexity index is 338. The van der Waals surface area contributed by atoms with Gasteiger partial charge >= 0.3 is 6.03 Å². The number of nitrogens with zero attached hydrogens (tertiary/aromatic N) is 2. The Morgan fingerprint density at radius 2 is 2.05 bits per heavy atom. The number of nitrogens with two attached hydrogens (primary N) is 1. The number of amidine groups is 1. The number of carbonyl (C=O) groups is 2. The highest BCUT2D eigenvalue weighted by atomic mass is 16.5. The van der Waals surface area contributed by atoms with Gasteiger partial charge in [-0.15, -0.1) is 0 Å². The topological polar surface area (TPSA) is 97.0 Å². The number of hydrogen-bond acceptors (Lipinski definition) is 3. The smallest absolute Gasteiger partial charge is 0.340 e. The lowest BCUT2D eigenvalue weighted by Crippen LogP contribution is -2.43. The Hall–Kier alpha value is -1.63. The van der Waals surface area contributed by atoms with Gasteiger partial charge in [-0.2, -0.15) is 4.99 Å². The number of primary amides is 1. The lowest BCUT2D eigenvalue weighted by Gasteiger charge is -2.29. The summed E-state index contributed by atoms with van der Waals surface area (Å²) in [6.07, 6.45) is 2.03. The van der Waals surface area contributed by atoms with Crippen LogP contribution in [0, 0.1) is 0 Å². The Kier molecular flexibility index (Phi) is 6.88. The van der Waals surface area contributed by atoms with Crippen LogP contribution >= 0.6 is 0 Å². The fourth-order valence-electron chi connectivity index (χ4n) is 1.78. The number of amides is 3. The molecule has 1 heterocycles. The summed E-state index contributed by atoms with van der Waals surface area (Å²) in [6, 6.07) is -0.775. The highest BCUT2D eigenvalue weighted by Crippen LogP contribution is 2.03. The van der Waals surface area contributed by atoms with Crippen LogP contribution in [-0.2, 0) is 9.53 Å². The Morgan fingerprint density at radius 1 is 1.37 bits per heavy atom. The molecule has 7 nitrogen and oxygen atoms in total.